The maximum Gasteiger partial charge on any atom is 0.257 e. The molecule has 1 aromatic heterocycles. The van der Waals surface area contributed by atoms with Crippen LogP contribution in [0.15, 0.2) is 61.7 Å². The number of rotatable bonds is 13. The molecule has 0 spiro atoms. The van der Waals surface area contributed by atoms with E-state index in [1.54, 1.807) is 4.90 Å². The molecule has 3 aromatic rings. The number of carbonyl (C=O) groups excluding carboxylic acids is 1. The highest BCUT2D eigenvalue weighted by Crippen LogP contribution is 2.22. The second-order valence-corrected chi connectivity index (χ2v) is 9.48. The van der Waals surface area contributed by atoms with E-state index in [0.29, 0.717) is 6.54 Å². The van der Waals surface area contributed by atoms with Crippen LogP contribution in [0.2, 0.25) is 0 Å². The number of aromatic nitrogens is 2. The Labute approximate surface area is 212 Å². The van der Waals surface area contributed by atoms with Crippen molar-refractivity contribution in [3.63, 3.8) is 0 Å². The second kappa shape index (κ2) is 12.6. The molecule has 0 N–H and O–H groups in total. The number of imidazole rings is 1. The second-order valence-electron chi connectivity index (χ2n) is 9.48. The van der Waals surface area contributed by atoms with Crippen LogP contribution >= 0.6 is 0 Å². The van der Waals surface area contributed by atoms with E-state index in [1.807, 2.05) is 26.0 Å². The minimum absolute atomic E-state index is 0.141. The number of hydrogen-bond acceptors (Lipinski definition) is 3. The number of halogens is 2. The van der Waals surface area contributed by atoms with Crippen LogP contribution < -0.4 is 0 Å². The summed E-state index contributed by atoms with van der Waals surface area (Å²) >= 11 is 0. The van der Waals surface area contributed by atoms with Gasteiger partial charge in [0.2, 0.25) is 0 Å². The molecule has 0 atom stereocenters. The molecular formula is C29H36F2N4O. The maximum absolute atomic E-state index is 14.4. The first-order valence-corrected chi connectivity index (χ1v) is 12.4. The van der Waals surface area contributed by atoms with Crippen LogP contribution in [0.5, 0.6) is 0 Å². The number of hydrogen-bond donors (Lipinski definition) is 0. The van der Waals surface area contributed by atoms with Crippen molar-refractivity contribution < 1.29 is 13.6 Å². The predicted molar refractivity (Wildman–Crippen MR) is 142 cm³/mol. The van der Waals surface area contributed by atoms with Gasteiger partial charge in [-0.15, -0.1) is 13.2 Å². The van der Waals surface area contributed by atoms with Crippen molar-refractivity contribution in [2.24, 2.45) is 5.92 Å². The molecule has 2 aromatic carbocycles. The zero-order chi connectivity index (χ0) is 26.2. The molecule has 36 heavy (non-hydrogen) atoms. The fourth-order valence-corrected chi connectivity index (χ4v) is 4.41. The third kappa shape index (κ3) is 6.66. The van der Waals surface area contributed by atoms with Gasteiger partial charge >= 0.3 is 0 Å². The van der Waals surface area contributed by atoms with Gasteiger partial charge in [0.05, 0.1) is 23.1 Å². The number of carbonyl (C=O) groups is 1. The van der Waals surface area contributed by atoms with Crippen molar-refractivity contribution in [1.82, 2.24) is 19.4 Å². The average molecular weight is 495 g/mol. The van der Waals surface area contributed by atoms with Gasteiger partial charge in [0.25, 0.3) is 5.91 Å². The molecule has 3 rings (SSSR count). The monoisotopic (exact) mass is 494 g/mol. The Kier molecular flexibility index (Phi) is 9.53. The molecule has 1 heterocycles. The third-order valence-corrected chi connectivity index (χ3v) is 5.88. The summed E-state index contributed by atoms with van der Waals surface area (Å²) in [5.74, 6) is -1.05. The van der Waals surface area contributed by atoms with Crippen LogP contribution in [0.3, 0.4) is 0 Å². The molecule has 0 aliphatic rings. The lowest BCUT2D eigenvalue weighted by Crippen LogP contribution is -2.35. The summed E-state index contributed by atoms with van der Waals surface area (Å²) in [6.07, 6.45) is 4.64. The molecule has 0 aliphatic heterocycles. The Balaban J connectivity index is 1.97. The van der Waals surface area contributed by atoms with Crippen LogP contribution in [0.25, 0.3) is 11.0 Å². The van der Waals surface area contributed by atoms with Gasteiger partial charge in [-0.05, 0) is 48.2 Å². The molecule has 0 aliphatic carbocycles. The fourth-order valence-electron chi connectivity index (χ4n) is 4.41. The lowest BCUT2D eigenvalue weighted by atomic mass is 10.1. The summed E-state index contributed by atoms with van der Waals surface area (Å²) in [6.45, 7) is 17.3. The highest BCUT2D eigenvalue weighted by atomic mass is 19.1. The zero-order valence-electron chi connectivity index (χ0n) is 21.5. The molecule has 0 bridgehead atoms. The lowest BCUT2D eigenvalue weighted by Gasteiger charge is -2.25. The highest BCUT2D eigenvalue weighted by molar-refractivity contribution is 5.94. The van der Waals surface area contributed by atoms with Gasteiger partial charge in [0, 0.05) is 32.7 Å². The summed E-state index contributed by atoms with van der Waals surface area (Å²) in [4.78, 5) is 22.0. The quantitative estimate of drug-likeness (QED) is 0.266. The molecule has 0 radical (unpaired) electrons. The van der Waals surface area contributed by atoms with Gasteiger partial charge in [-0.3, -0.25) is 9.69 Å². The van der Waals surface area contributed by atoms with Crippen molar-refractivity contribution >= 4 is 16.9 Å². The lowest BCUT2D eigenvalue weighted by molar-refractivity contribution is 0.0711. The van der Waals surface area contributed by atoms with E-state index < -0.39 is 17.5 Å². The summed E-state index contributed by atoms with van der Waals surface area (Å²) < 4.78 is 30.4. The Morgan fingerprint density at radius 2 is 1.81 bits per heavy atom. The molecule has 0 saturated carbocycles. The van der Waals surface area contributed by atoms with Crippen LogP contribution in [0.1, 0.15) is 48.9 Å². The van der Waals surface area contributed by atoms with Crippen molar-refractivity contribution in [1.29, 1.82) is 0 Å². The van der Waals surface area contributed by atoms with Crippen molar-refractivity contribution in [3.05, 3.63) is 90.3 Å². The van der Waals surface area contributed by atoms with Gasteiger partial charge in [0.15, 0.2) is 0 Å². The molecule has 7 heteroatoms. The molecule has 192 valence electrons. The van der Waals surface area contributed by atoms with E-state index in [2.05, 4.69) is 47.7 Å². The smallest absolute Gasteiger partial charge is 0.257 e. The molecule has 5 nitrogen and oxygen atoms in total. The topological polar surface area (TPSA) is 41.4 Å². The van der Waals surface area contributed by atoms with Gasteiger partial charge in [-0.25, -0.2) is 13.8 Å². The first-order valence-electron chi connectivity index (χ1n) is 12.4. The fraction of sp³-hybridized carbons (Fsp3) is 0.379. The number of aryl methyl sites for hydroxylation is 1. The summed E-state index contributed by atoms with van der Waals surface area (Å²) in [6, 6.07) is 9.21. The SMILES string of the molecule is C=CCN(CC=C)Cc1ccc2c(c1)nc(CN(CC(C)C)C(=O)c1cc(F)ccc1F)n2CCC. The summed E-state index contributed by atoms with van der Waals surface area (Å²) in [7, 11) is 0. The average Bonchev–Trinajstić information content (AvgIpc) is 3.16. The third-order valence-electron chi connectivity index (χ3n) is 5.88. The number of amides is 1. The molecule has 0 fully saturated rings. The number of nitrogens with zero attached hydrogens (tertiary/aromatic N) is 4. The summed E-state index contributed by atoms with van der Waals surface area (Å²) in [5.41, 5.74) is 2.70. The standard InChI is InChI=1S/C29H36F2N4O/c1-6-13-33(14-7-2)19-22-9-12-27-26(16-22)32-28(35(27)15-8-3)20-34(18-21(4)5)29(36)24-17-23(30)10-11-25(24)31/h6-7,9-12,16-17,21H,1-2,8,13-15,18-20H2,3-5H3. The van der Waals surface area contributed by atoms with E-state index in [0.717, 1.165) is 73.2 Å². The Bertz CT molecular complexity index is 1210. The van der Waals surface area contributed by atoms with Crippen molar-refractivity contribution in [3.8, 4) is 0 Å². The normalized spacial score (nSPS) is 11.4. The van der Waals surface area contributed by atoms with Gasteiger partial charge < -0.3 is 9.47 Å². The Morgan fingerprint density at radius 3 is 2.44 bits per heavy atom. The van der Waals surface area contributed by atoms with E-state index in [-0.39, 0.29) is 18.0 Å². The first-order chi connectivity index (χ1) is 17.3. The minimum atomic E-state index is -0.731. The van der Waals surface area contributed by atoms with E-state index >= 15 is 0 Å². The maximum atomic E-state index is 14.4. The Hall–Kier alpha value is -3.32. The minimum Gasteiger partial charge on any atom is -0.331 e. The highest BCUT2D eigenvalue weighted by Gasteiger charge is 2.24. The number of benzene rings is 2. The molecule has 0 unspecified atom stereocenters. The summed E-state index contributed by atoms with van der Waals surface area (Å²) in [5, 5.41) is 0. The molecule has 1 amide bonds. The van der Waals surface area contributed by atoms with Gasteiger partial charge in [0.1, 0.15) is 17.5 Å². The van der Waals surface area contributed by atoms with E-state index in [9.17, 15) is 13.6 Å². The van der Waals surface area contributed by atoms with Crippen molar-refractivity contribution in [2.45, 2.75) is 46.8 Å². The predicted octanol–water partition coefficient (Wildman–Crippen LogP) is 6.20. The van der Waals surface area contributed by atoms with Gasteiger partial charge in [-0.2, -0.15) is 0 Å². The van der Waals surface area contributed by atoms with Crippen LogP contribution in [0.4, 0.5) is 8.78 Å². The van der Waals surface area contributed by atoms with E-state index in [1.165, 1.54) is 0 Å². The first kappa shape index (κ1) is 27.3. The zero-order valence-corrected chi connectivity index (χ0v) is 21.5. The number of fused-ring (bicyclic) bond motifs is 1. The largest absolute Gasteiger partial charge is 0.331 e. The molecule has 0 saturated heterocycles. The van der Waals surface area contributed by atoms with Crippen LogP contribution in [0, 0.1) is 17.6 Å². The van der Waals surface area contributed by atoms with Crippen molar-refractivity contribution in [2.75, 3.05) is 19.6 Å². The van der Waals surface area contributed by atoms with Crippen LogP contribution in [-0.4, -0.2) is 44.9 Å². The van der Waals surface area contributed by atoms with Crippen LogP contribution in [-0.2, 0) is 19.6 Å². The van der Waals surface area contributed by atoms with E-state index in [4.69, 9.17) is 4.98 Å². The van der Waals surface area contributed by atoms with Gasteiger partial charge in [-0.1, -0.05) is 39.0 Å². The molecular weight excluding hydrogens is 458 g/mol. The Morgan fingerprint density at radius 1 is 1.08 bits per heavy atom.